The first-order chi connectivity index (χ1) is 15.1. The van der Waals surface area contributed by atoms with Crippen LogP contribution in [0.3, 0.4) is 0 Å². The lowest BCUT2D eigenvalue weighted by Gasteiger charge is -2.56. The number of aromatic nitrogens is 3. The van der Waals surface area contributed by atoms with Crippen LogP contribution in [0.15, 0.2) is 42.9 Å². The molecular formula is C23H25N5O3. The van der Waals surface area contributed by atoms with Crippen LogP contribution in [0.2, 0.25) is 0 Å². The molecule has 5 heterocycles. The fraction of sp³-hybridized carbons (Fsp3) is 0.348. The van der Waals surface area contributed by atoms with Crippen molar-refractivity contribution in [3.05, 3.63) is 48.4 Å². The SMILES string of the molecule is CCC(=O)c1cnc(-c2ccc[nH]2)cc1Nc1nccc(N2CC3(COC3)C2)c1OC. The molecule has 0 aliphatic carbocycles. The molecule has 160 valence electrons. The lowest BCUT2D eigenvalue weighted by atomic mass is 9.78. The number of rotatable bonds is 7. The first-order valence-corrected chi connectivity index (χ1v) is 10.4. The summed E-state index contributed by atoms with van der Waals surface area (Å²) in [6.45, 7) is 5.37. The van der Waals surface area contributed by atoms with E-state index in [1.165, 1.54) is 0 Å². The predicted molar refractivity (Wildman–Crippen MR) is 118 cm³/mol. The molecule has 3 aromatic heterocycles. The third-order valence-electron chi connectivity index (χ3n) is 5.95. The Kier molecular flexibility index (Phi) is 4.86. The second kappa shape index (κ2) is 7.70. The van der Waals surface area contributed by atoms with Gasteiger partial charge < -0.3 is 24.7 Å². The molecular weight excluding hydrogens is 394 g/mol. The lowest BCUT2D eigenvalue weighted by molar-refractivity contribution is -0.127. The van der Waals surface area contributed by atoms with E-state index in [2.05, 4.69) is 25.2 Å². The Hall–Kier alpha value is -3.39. The van der Waals surface area contributed by atoms with Crippen LogP contribution in [0, 0.1) is 5.41 Å². The lowest BCUT2D eigenvalue weighted by Crippen LogP contribution is -2.66. The number of hydrogen-bond donors (Lipinski definition) is 2. The molecule has 8 heteroatoms. The van der Waals surface area contributed by atoms with Crippen molar-refractivity contribution < 1.29 is 14.3 Å². The summed E-state index contributed by atoms with van der Waals surface area (Å²) in [5.74, 6) is 1.24. The molecule has 8 nitrogen and oxygen atoms in total. The highest BCUT2D eigenvalue weighted by Crippen LogP contribution is 2.45. The van der Waals surface area contributed by atoms with Crippen LogP contribution >= 0.6 is 0 Å². The van der Waals surface area contributed by atoms with Gasteiger partial charge in [-0.2, -0.15) is 0 Å². The van der Waals surface area contributed by atoms with E-state index < -0.39 is 0 Å². The van der Waals surface area contributed by atoms with Crippen molar-refractivity contribution >= 4 is 23.0 Å². The minimum atomic E-state index is 0.0119. The van der Waals surface area contributed by atoms with Gasteiger partial charge in [-0.3, -0.25) is 9.78 Å². The molecule has 2 aliphatic heterocycles. The average Bonchev–Trinajstić information content (AvgIpc) is 3.26. The Morgan fingerprint density at radius 2 is 2.16 bits per heavy atom. The van der Waals surface area contributed by atoms with Gasteiger partial charge in [-0.05, 0) is 24.3 Å². The molecule has 0 radical (unpaired) electrons. The highest BCUT2D eigenvalue weighted by molar-refractivity contribution is 6.02. The normalized spacial score (nSPS) is 16.5. The minimum Gasteiger partial charge on any atom is -0.491 e. The molecule has 31 heavy (non-hydrogen) atoms. The van der Waals surface area contributed by atoms with Crippen LogP contribution in [0.1, 0.15) is 23.7 Å². The van der Waals surface area contributed by atoms with Gasteiger partial charge in [0.05, 0.1) is 54.1 Å². The number of nitrogens with zero attached hydrogens (tertiary/aromatic N) is 3. The quantitative estimate of drug-likeness (QED) is 0.565. The number of Topliss-reactive ketones (excluding diaryl/α,β-unsaturated/α-hetero) is 1. The van der Waals surface area contributed by atoms with Gasteiger partial charge in [0.1, 0.15) is 0 Å². The van der Waals surface area contributed by atoms with Gasteiger partial charge in [-0.25, -0.2) is 4.98 Å². The highest BCUT2D eigenvalue weighted by atomic mass is 16.5. The molecule has 0 aromatic carbocycles. The number of pyridine rings is 2. The van der Waals surface area contributed by atoms with E-state index >= 15 is 0 Å². The van der Waals surface area contributed by atoms with Crippen molar-refractivity contribution in [3.63, 3.8) is 0 Å². The van der Waals surface area contributed by atoms with E-state index in [1.807, 2.05) is 37.4 Å². The number of nitrogens with one attached hydrogen (secondary N) is 2. The van der Waals surface area contributed by atoms with Crippen molar-refractivity contribution in [2.75, 3.05) is 43.6 Å². The van der Waals surface area contributed by atoms with Crippen LogP contribution in [-0.2, 0) is 4.74 Å². The second-order valence-corrected chi connectivity index (χ2v) is 8.16. The fourth-order valence-corrected chi connectivity index (χ4v) is 4.22. The Morgan fingerprint density at radius 3 is 2.81 bits per heavy atom. The summed E-state index contributed by atoms with van der Waals surface area (Å²) >= 11 is 0. The topological polar surface area (TPSA) is 92.4 Å². The summed E-state index contributed by atoms with van der Waals surface area (Å²) in [6, 6.07) is 7.69. The average molecular weight is 419 g/mol. The number of hydrogen-bond acceptors (Lipinski definition) is 7. The van der Waals surface area contributed by atoms with Crippen molar-refractivity contribution in [2.45, 2.75) is 13.3 Å². The smallest absolute Gasteiger partial charge is 0.184 e. The van der Waals surface area contributed by atoms with Gasteiger partial charge >= 0.3 is 0 Å². The summed E-state index contributed by atoms with van der Waals surface area (Å²) in [6.07, 6.45) is 5.62. The molecule has 0 bridgehead atoms. The molecule has 3 aromatic rings. The fourth-order valence-electron chi connectivity index (χ4n) is 4.22. The Balaban J connectivity index is 1.49. The molecule has 2 N–H and O–H groups in total. The molecule has 0 atom stereocenters. The monoisotopic (exact) mass is 419 g/mol. The minimum absolute atomic E-state index is 0.0119. The van der Waals surface area contributed by atoms with Crippen LogP contribution in [0.4, 0.5) is 17.2 Å². The van der Waals surface area contributed by atoms with E-state index in [0.29, 0.717) is 34.7 Å². The Labute approximate surface area is 180 Å². The third-order valence-corrected chi connectivity index (χ3v) is 5.95. The van der Waals surface area contributed by atoms with E-state index in [9.17, 15) is 4.79 Å². The number of ether oxygens (including phenoxy) is 2. The van der Waals surface area contributed by atoms with Gasteiger partial charge in [-0.15, -0.1) is 0 Å². The number of carbonyl (C=O) groups excluding carboxylic acids is 1. The molecule has 2 saturated heterocycles. The highest BCUT2D eigenvalue weighted by Gasteiger charge is 2.49. The van der Waals surface area contributed by atoms with E-state index in [1.54, 1.807) is 19.5 Å². The van der Waals surface area contributed by atoms with Crippen molar-refractivity contribution in [3.8, 4) is 17.1 Å². The Bertz CT molecular complexity index is 1100. The number of aromatic amines is 1. The maximum Gasteiger partial charge on any atom is 0.184 e. The summed E-state index contributed by atoms with van der Waals surface area (Å²) in [5.41, 5.74) is 4.08. The zero-order chi connectivity index (χ0) is 21.4. The van der Waals surface area contributed by atoms with E-state index in [0.717, 1.165) is 43.4 Å². The van der Waals surface area contributed by atoms with Crippen LogP contribution < -0.4 is 15.0 Å². The van der Waals surface area contributed by atoms with Crippen LogP contribution in [0.25, 0.3) is 11.4 Å². The van der Waals surface area contributed by atoms with E-state index in [4.69, 9.17) is 9.47 Å². The number of methoxy groups -OCH3 is 1. The van der Waals surface area contributed by atoms with Crippen LogP contribution in [0.5, 0.6) is 5.75 Å². The second-order valence-electron chi connectivity index (χ2n) is 8.16. The Morgan fingerprint density at radius 1 is 1.32 bits per heavy atom. The van der Waals surface area contributed by atoms with Gasteiger partial charge in [0, 0.05) is 38.1 Å². The maximum absolute atomic E-state index is 12.6. The summed E-state index contributed by atoms with van der Waals surface area (Å²) in [5, 5.41) is 3.34. The number of carbonyl (C=O) groups is 1. The summed E-state index contributed by atoms with van der Waals surface area (Å²) in [4.78, 5) is 27.0. The zero-order valence-corrected chi connectivity index (χ0v) is 17.6. The summed E-state index contributed by atoms with van der Waals surface area (Å²) in [7, 11) is 1.64. The first-order valence-electron chi connectivity index (χ1n) is 10.4. The van der Waals surface area contributed by atoms with Gasteiger partial charge in [0.15, 0.2) is 17.4 Å². The first kappa shape index (κ1) is 19.6. The molecule has 0 saturated carbocycles. The number of H-pyrrole nitrogens is 1. The van der Waals surface area contributed by atoms with Crippen LogP contribution in [-0.4, -0.2) is 54.1 Å². The van der Waals surface area contributed by atoms with Gasteiger partial charge in [0.25, 0.3) is 0 Å². The van der Waals surface area contributed by atoms with Crippen molar-refractivity contribution in [1.29, 1.82) is 0 Å². The molecule has 0 amide bonds. The largest absolute Gasteiger partial charge is 0.491 e. The predicted octanol–water partition coefficient (Wildman–Crippen LogP) is 3.65. The maximum atomic E-state index is 12.6. The third kappa shape index (κ3) is 3.42. The van der Waals surface area contributed by atoms with Crippen molar-refractivity contribution in [2.24, 2.45) is 5.41 Å². The molecule has 2 fully saturated rings. The number of ketones is 1. The summed E-state index contributed by atoms with van der Waals surface area (Å²) < 4.78 is 11.1. The standard InChI is InChI=1S/C23H25N5O3/c1-3-20(29)15-10-26-18(16-5-4-7-24-16)9-17(15)27-22-21(30-2)19(6-8-25-22)28-11-23(12-28)13-31-14-23/h4-10,24H,3,11-14H2,1-2H3,(H,25,26,27). The molecule has 5 rings (SSSR count). The molecule has 0 unspecified atom stereocenters. The van der Waals surface area contributed by atoms with Gasteiger partial charge in [-0.1, -0.05) is 6.92 Å². The molecule has 1 spiro atoms. The van der Waals surface area contributed by atoms with Crippen molar-refractivity contribution in [1.82, 2.24) is 15.0 Å². The zero-order valence-electron chi connectivity index (χ0n) is 17.6. The molecule has 2 aliphatic rings. The van der Waals surface area contributed by atoms with Gasteiger partial charge in [0.2, 0.25) is 0 Å². The van der Waals surface area contributed by atoms with E-state index in [-0.39, 0.29) is 5.78 Å². The number of anilines is 3.